The third kappa shape index (κ3) is 5.63. The van der Waals surface area contributed by atoms with E-state index in [0.717, 1.165) is 16.4 Å². The smallest absolute Gasteiger partial charge is 0.260 e. The van der Waals surface area contributed by atoms with E-state index in [-0.39, 0.29) is 30.1 Å². The lowest BCUT2D eigenvalue weighted by atomic mass is 10.2. The zero-order valence-corrected chi connectivity index (χ0v) is 16.2. The Balaban J connectivity index is 1.97. The molecule has 0 saturated carbocycles. The summed E-state index contributed by atoms with van der Waals surface area (Å²) in [7, 11) is -3.01. The van der Waals surface area contributed by atoms with Crippen LogP contribution >= 0.6 is 22.6 Å². The minimum absolute atomic E-state index is 0.0547. The van der Waals surface area contributed by atoms with Gasteiger partial charge in [-0.1, -0.05) is 13.3 Å². The van der Waals surface area contributed by atoms with E-state index in [0.29, 0.717) is 18.7 Å². The molecule has 0 bridgehead atoms. The molecule has 1 saturated heterocycles. The molecule has 1 fully saturated rings. The predicted molar refractivity (Wildman–Crippen MR) is 98.3 cm³/mol. The lowest BCUT2D eigenvalue weighted by molar-refractivity contribution is -0.135. The number of amides is 1. The first-order valence-electron chi connectivity index (χ1n) is 7.79. The van der Waals surface area contributed by atoms with E-state index in [1.807, 2.05) is 24.3 Å². The van der Waals surface area contributed by atoms with Crippen molar-refractivity contribution in [1.82, 2.24) is 4.90 Å². The molecular weight excluding hydrogens is 429 g/mol. The number of carbonyl (C=O) groups excluding carboxylic acids is 1. The Morgan fingerprint density at radius 1 is 1.35 bits per heavy atom. The Bertz CT molecular complexity index is 630. The second kappa shape index (κ2) is 8.32. The number of rotatable bonds is 7. The Kier molecular flexibility index (Phi) is 6.70. The molecule has 23 heavy (non-hydrogen) atoms. The van der Waals surface area contributed by atoms with E-state index in [1.54, 1.807) is 4.90 Å². The molecule has 5 nitrogen and oxygen atoms in total. The van der Waals surface area contributed by atoms with Crippen molar-refractivity contribution < 1.29 is 17.9 Å². The number of halogens is 1. The van der Waals surface area contributed by atoms with Crippen molar-refractivity contribution >= 4 is 38.3 Å². The maximum atomic E-state index is 12.5. The fourth-order valence-corrected chi connectivity index (χ4v) is 4.71. The van der Waals surface area contributed by atoms with Crippen LogP contribution in [0.3, 0.4) is 0 Å². The molecule has 1 aromatic rings. The average Bonchev–Trinajstić information content (AvgIpc) is 2.87. The highest BCUT2D eigenvalue weighted by Gasteiger charge is 2.34. The highest BCUT2D eigenvalue weighted by molar-refractivity contribution is 14.1. The standard InChI is InChI=1S/C16H22INO4S/c1-2-3-9-18(14-8-10-23(20,21)12-14)16(19)11-22-15-6-4-13(17)5-7-15/h4-7,14H,2-3,8-12H2,1H3. The third-order valence-corrected chi connectivity index (χ3v) is 6.37. The molecule has 0 spiro atoms. The summed E-state index contributed by atoms with van der Waals surface area (Å²) < 4.78 is 30.0. The normalized spacial score (nSPS) is 19.5. The monoisotopic (exact) mass is 451 g/mol. The van der Waals surface area contributed by atoms with Crippen molar-refractivity contribution in [2.45, 2.75) is 32.2 Å². The second-order valence-electron chi connectivity index (χ2n) is 5.74. The fraction of sp³-hybridized carbons (Fsp3) is 0.562. The van der Waals surface area contributed by atoms with Crippen LogP contribution in [-0.4, -0.2) is 49.9 Å². The average molecular weight is 451 g/mol. The quantitative estimate of drug-likeness (QED) is 0.598. The van der Waals surface area contributed by atoms with Crippen LogP contribution in [0.5, 0.6) is 5.75 Å². The number of nitrogens with zero attached hydrogens (tertiary/aromatic N) is 1. The zero-order chi connectivity index (χ0) is 16.9. The van der Waals surface area contributed by atoms with Gasteiger partial charge in [-0.05, 0) is 59.7 Å². The molecule has 2 rings (SSSR count). The van der Waals surface area contributed by atoms with Crippen LogP contribution in [0.1, 0.15) is 26.2 Å². The summed E-state index contributed by atoms with van der Waals surface area (Å²) in [6, 6.07) is 7.27. The van der Waals surface area contributed by atoms with E-state index in [2.05, 4.69) is 29.5 Å². The number of unbranched alkanes of at least 4 members (excludes halogenated alkanes) is 1. The van der Waals surface area contributed by atoms with Crippen molar-refractivity contribution in [3.63, 3.8) is 0 Å². The van der Waals surface area contributed by atoms with Crippen molar-refractivity contribution in [3.8, 4) is 5.75 Å². The maximum absolute atomic E-state index is 12.5. The highest BCUT2D eigenvalue weighted by atomic mass is 127. The van der Waals surface area contributed by atoms with Crippen LogP contribution in [0, 0.1) is 3.57 Å². The molecule has 1 aromatic carbocycles. The van der Waals surface area contributed by atoms with E-state index < -0.39 is 9.84 Å². The highest BCUT2D eigenvalue weighted by Crippen LogP contribution is 2.19. The Morgan fingerprint density at radius 2 is 2.04 bits per heavy atom. The number of hydrogen-bond acceptors (Lipinski definition) is 4. The van der Waals surface area contributed by atoms with E-state index in [1.165, 1.54) is 0 Å². The van der Waals surface area contributed by atoms with Gasteiger partial charge in [-0.3, -0.25) is 4.79 Å². The molecule has 1 atom stereocenters. The van der Waals surface area contributed by atoms with Crippen LogP contribution in [0.4, 0.5) is 0 Å². The molecule has 0 aromatic heterocycles. The summed E-state index contributed by atoms with van der Waals surface area (Å²) in [5.41, 5.74) is 0. The van der Waals surface area contributed by atoms with Crippen LogP contribution in [-0.2, 0) is 14.6 Å². The maximum Gasteiger partial charge on any atom is 0.260 e. The second-order valence-corrected chi connectivity index (χ2v) is 9.21. The Hall–Kier alpha value is -0.830. The largest absolute Gasteiger partial charge is 0.484 e. The zero-order valence-electron chi connectivity index (χ0n) is 13.2. The van der Waals surface area contributed by atoms with Crippen molar-refractivity contribution in [2.75, 3.05) is 24.7 Å². The number of benzene rings is 1. The fourth-order valence-electron chi connectivity index (χ4n) is 2.62. The van der Waals surface area contributed by atoms with Gasteiger partial charge in [0.1, 0.15) is 5.75 Å². The van der Waals surface area contributed by atoms with Crippen molar-refractivity contribution in [1.29, 1.82) is 0 Å². The lowest BCUT2D eigenvalue weighted by Gasteiger charge is -2.28. The van der Waals surface area contributed by atoms with Gasteiger partial charge < -0.3 is 9.64 Å². The van der Waals surface area contributed by atoms with Crippen LogP contribution in [0.25, 0.3) is 0 Å². The van der Waals surface area contributed by atoms with Gasteiger partial charge in [0.15, 0.2) is 16.4 Å². The molecule has 1 amide bonds. The van der Waals surface area contributed by atoms with Gasteiger partial charge in [0, 0.05) is 16.2 Å². The Labute approximate surface area is 151 Å². The summed E-state index contributed by atoms with van der Waals surface area (Å²) in [5, 5.41) is 0. The topological polar surface area (TPSA) is 63.7 Å². The minimum Gasteiger partial charge on any atom is -0.484 e. The van der Waals surface area contributed by atoms with E-state index in [4.69, 9.17) is 4.74 Å². The first-order valence-corrected chi connectivity index (χ1v) is 10.7. The third-order valence-electron chi connectivity index (χ3n) is 3.90. The SMILES string of the molecule is CCCCN(C(=O)COc1ccc(I)cc1)C1CCS(=O)(=O)C1. The molecule has 0 aliphatic carbocycles. The van der Waals surface area contributed by atoms with E-state index in [9.17, 15) is 13.2 Å². The van der Waals surface area contributed by atoms with Gasteiger partial charge >= 0.3 is 0 Å². The van der Waals surface area contributed by atoms with Crippen molar-refractivity contribution in [2.24, 2.45) is 0 Å². The summed E-state index contributed by atoms with van der Waals surface area (Å²) in [4.78, 5) is 14.2. The molecule has 7 heteroatoms. The van der Waals surface area contributed by atoms with Crippen molar-refractivity contribution in [3.05, 3.63) is 27.8 Å². The molecule has 1 aliphatic rings. The van der Waals surface area contributed by atoms with Gasteiger partial charge in [-0.25, -0.2) is 8.42 Å². The predicted octanol–water partition coefficient (Wildman–Crippen LogP) is 2.49. The van der Waals surface area contributed by atoms with Gasteiger partial charge in [-0.2, -0.15) is 0 Å². The summed E-state index contributed by atoms with van der Waals surface area (Å²) in [6.07, 6.45) is 2.36. The number of carbonyl (C=O) groups is 1. The van der Waals surface area contributed by atoms with Gasteiger partial charge in [0.2, 0.25) is 0 Å². The van der Waals surface area contributed by atoms with Gasteiger partial charge in [0.05, 0.1) is 11.5 Å². The summed E-state index contributed by atoms with van der Waals surface area (Å²) in [5.74, 6) is 0.754. The van der Waals surface area contributed by atoms with Gasteiger partial charge in [0.25, 0.3) is 5.91 Å². The Morgan fingerprint density at radius 3 is 2.61 bits per heavy atom. The molecular formula is C16H22INO4S. The minimum atomic E-state index is -3.01. The molecule has 1 unspecified atom stereocenters. The number of ether oxygens (including phenoxy) is 1. The van der Waals surface area contributed by atoms with Crippen LogP contribution < -0.4 is 4.74 Å². The van der Waals surface area contributed by atoms with E-state index >= 15 is 0 Å². The van der Waals surface area contributed by atoms with Crippen LogP contribution in [0.15, 0.2) is 24.3 Å². The number of sulfone groups is 1. The lowest BCUT2D eigenvalue weighted by Crippen LogP contribution is -2.44. The van der Waals surface area contributed by atoms with Gasteiger partial charge in [-0.15, -0.1) is 0 Å². The summed E-state index contributed by atoms with van der Waals surface area (Å²) >= 11 is 2.21. The molecule has 1 aliphatic heterocycles. The molecule has 0 N–H and O–H groups in total. The van der Waals surface area contributed by atoms with Crippen LogP contribution in [0.2, 0.25) is 0 Å². The first-order chi connectivity index (χ1) is 10.9. The molecule has 0 radical (unpaired) electrons. The molecule has 1 heterocycles. The first kappa shape index (κ1) is 18.5. The molecule has 128 valence electrons. The number of hydrogen-bond donors (Lipinski definition) is 0. The summed E-state index contributed by atoms with van der Waals surface area (Å²) in [6.45, 7) is 2.59.